The van der Waals surface area contributed by atoms with Crippen molar-refractivity contribution in [2.45, 2.75) is 230 Å². The van der Waals surface area contributed by atoms with Crippen molar-refractivity contribution < 1.29 is 74.2 Å². The molecule has 0 aliphatic heterocycles. The van der Waals surface area contributed by atoms with Crippen molar-refractivity contribution in [2.75, 3.05) is 0 Å². The van der Waals surface area contributed by atoms with Crippen molar-refractivity contribution in [2.24, 2.45) is 0 Å². The maximum absolute atomic E-state index is 13.0. The number of aliphatic hydroxyl groups is 7. The molecule has 0 saturated carbocycles. The molecule has 324 valence electrons. The Kier molecular flexibility index (Phi) is 30.3. The van der Waals surface area contributed by atoms with Crippen LogP contribution in [0.25, 0.3) is 0 Å². The van der Waals surface area contributed by atoms with E-state index in [0.717, 1.165) is 32.1 Å². The number of aliphatic hydroxyl groups excluding tert-OH is 7. The number of carbonyl (C=O) groups is 4. The van der Waals surface area contributed by atoms with Crippen LogP contribution < -0.4 is 0 Å². The van der Waals surface area contributed by atoms with Crippen LogP contribution in [0, 0.1) is 0 Å². The number of rotatable bonds is 35. The van der Waals surface area contributed by atoms with E-state index in [9.17, 15) is 54.9 Å². The zero-order valence-corrected chi connectivity index (χ0v) is 33.8. The van der Waals surface area contributed by atoms with Gasteiger partial charge in [-0.15, -0.1) is 0 Å². The molecule has 0 aliphatic carbocycles. The highest BCUT2D eigenvalue weighted by atomic mass is 16.6. The van der Waals surface area contributed by atoms with Crippen molar-refractivity contribution >= 4 is 23.9 Å². The lowest BCUT2D eigenvalue weighted by Crippen LogP contribution is -2.31. The third-order valence-electron chi connectivity index (χ3n) is 9.23. The first-order valence-electron chi connectivity index (χ1n) is 20.5. The zero-order chi connectivity index (χ0) is 41.8. The largest absolute Gasteiger partial charge is 0.481 e. The second-order valence-corrected chi connectivity index (χ2v) is 15.3. The molecular weight excluding hydrogens is 720 g/mol. The minimum Gasteiger partial charge on any atom is -0.481 e. The average molecular weight is 795 g/mol. The molecular formula is C40H74O15. The van der Waals surface area contributed by atoms with Gasteiger partial charge in [0, 0.05) is 19.3 Å². The van der Waals surface area contributed by atoms with Crippen LogP contribution in [0.5, 0.6) is 0 Å². The summed E-state index contributed by atoms with van der Waals surface area (Å²) in [4.78, 5) is 49.5. The fourth-order valence-electron chi connectivity index (χ4n) is 6.36. The molecule has 15 heteroatoms. The van der Waals surface area contributed by atoms with Crippen LogP contribution in [0.2, 0.25) is 0 Å². The third-order valence-corrected chi connectivity index (χ3v) is 9.23. The summed E-state index contributed by atoms with van der Waals surface area (Å²) in [6.45, 7) is 7.27. The molecule has 0 amide bonds. The van der Waals surface area contributed by atoms with Crippen molar-refractivity contribution in [1.29, 1.82) is 0 Å². The molecule has 0 spiro atoms. The molecule has 0 aromatic rings. The van der Waals surface area contributed by atoms with Gasteiger partial charge >= 0.3 is 23.9 Å². The maximum Gasteiger partial charge on any atom is 0.308 e. The Morgan fingerprint density at radius 3 is 1.09 bits per heavy atom. The maximum atomic E-state index is 13.0. The standard InChI is InChI=1S/C40H74O15/c1-5-7-9-15-29(43)19-30(44)24-38(50)55-36(18-12-14-28(4)42)22-33(47)26-39(51)53-34(16-10-8-6-2)21-32(46)25-40(52)54-35(17-11-13-27(3)41)20-31(45)23-37(48)49/h27-36,41-47H,5-26H2,1-4H3,(H,48,49)/t27?,28?,29?,30-,31-,32-,33-,34?,35?,36?/m1/s1. The summed E-state index contributed by atoms with van der Waals surface area (Å²) in [6.07, 6.45) is -2.94. The van der Waals surface area contributed by atoms with Crippen LogP contribution in [0.4, 0.5) is 0 Å². The van der Waals surface area contributed by atoms with Gasteiger partial charge in [-0.2, -0.15) is 0 Å². The van der Waals surface area contributed by atoms with Crippen molar-refractivity contribution in [1.82, 2.24) is 0 Å². The van der Waals surface area contributed by atoms with E-state index >= 15 is 0 Å². The van der Waals surface area contributed by atoms with E-state index in [1.807, 2.05) is 13.8 Å². The van der Waals surface area contributed by atoms with Gasteiger partial charge in [0.15, 0.2) is 0 Å². The summed E-state index contributed by atoms with van der Waals surface area (Å²) in [7, 11) is 0. The van der Waals surface area contributed by atoms with E-state index in [1.165, 1.54) is 0 Å². The number of ether oxygens (including phenoxy) is 3. The number of aliphatic carboxylic acids is 1. The predicted molar refractivity (Wildman–Crippen MR) is 204 cm³/mol. The van der Waals surface area contributed by atoms with Crippen molar-refractivity contribution in [3.05, 3.63) is 0 Å². The first kappa shape index (κ1) is 52.6. The molecule has 6 unspecified atom stereocenters. The van der Waals surface area contributed by atoms with Crippen LogP contribution in [-0.2, 0) is 33.4 Å². The fourth-order valence-corrected chi connectivity index (χ4v) is 6.36. The topological polar surface area (TPSA) is 258 Å². The highest BCUT2D eigenvalue weighted by Gasteiger charge is 2.27. The highest BCUT2D eigenvalue weighted by molar-refractivity contribution is 5.71. The van der Waals surface area contributed by atoms with Gasteiger partial charge in [0.05, 0.1) is 68.4 Å². The molecule has 15 nitrogen and oxygen atoms in total. The van der Waals surface area contributed by atoms with Gasteiger partial charge in [0.25, 0.3) is 0 Å². The summed E-state index contributed by atoms with van der Waals surface area (Å²) >= 11 is 0. The summed E-state index contributed by atoms with van der Waals surface area (Å²) in [5.74, 6) is -3.45. The van der Waals surface area contributed by atoms with Gasteiger partial charge in [0.1, 0.15) is 18.3 Å². The van der Waals surface area contributed by atoms with E-state index in [4.69, 9.17) is 19.3 Å². The summed E-state index contributed by atoms with van der Waals surface area (Å²) in [6, 6.07) is 0. The molecule has 0 aliphatic rings. The second-order valence-electron chi connectivity index (χ2n) is 15.3. The second kappa shape index (κ2) is 31.7. The van der Waals surface area contributed by atoms with E-state index in [1.54, 1.807) is 13.8 Å². The third kappa shape index (κ3) is 31.4. The van der Waals surface area contributed by atoms with Crippen molar-refractivity contribution in [3.63, 3.8) is 0 Å². The monoisotopic (exact) mass is 795 g/mol. The molecule has 0 radical (unpaired) electrons. The van der Waals surface area contributed by atoms with E-state index in [-0.39, 0.29) is 38.5 Å². The first-order valence-corrected chi connectivity index (χ1v) is 20.5. The number of carboxylic acids is 1. The Morgan fingerprint density at radius 2 is 0.745 bits per heavy atom. The Bertz CT molecular complexity index is 1020. The van der Waals surface area contributed by atoms with Crippen LogP contribution in [0.3, 0.4) is 0 Å². The van der Waals surface area contributed by atoms with Gasteiger partial charge in [-0.1, -0.05) is 46.0 Å². The van der Waals surface area contributed by atoms with Gasteiger partial charge in [-0.3, -0.25) is 19.2 Å². The van der Waals surface area contributed by atoms with Crippen molar-refractivity contribution in [3.8, 4) is 0 Å². The van der Waals surface area contributed by atoms with Crippen LogP contribution in [0.1, 0.15) is 169 Å². The van der Waals surface area contributed by atoms with E-state index < -0.39 is 104 Å². The Balaban J connectivity index is 5.34. The lowest BCUT2D eigenvalue weighted by Gasteiger charge is -2.24. The molecule has 0 saturated heterocycles. The normalized spacial score (nSPS) is 17.1. The smallest absolute Gasteiger partial charge is 0.308 e. The summed E-state index contributed by atoms with van der Waals surface area (Å²) < 4.78 is 16.7. The lowest BCUT2D eigenvalue weighted by molar-refractivity contribution is -0.156. The minimum atomic E-state index is -1.26. The Labute approximate surface area is 327 Å². The number of unbranched alkanes of at least 4 members (excludes halogenated alkanes) is 4. The number of carbonyl (C=O) groups excluding carboxylic acids is 3. The van der Waals surface area contributed by atoms with Gasteiger partial charge < -0.3 is 55.1 Å². The number of carboxylic acid groups (broad SMARTS) is 1. The number of esters is 3. The van der Waals surface area contributed by atoms with E-state index in [0.29, 0.717) is 51.4 Å². The highest BCUT2D eigenvalue weighted by Crippen LogP contribution is 2.21. The zero-order valence-electron chi connectivity index (χ0n) is 33.8. The Hall–Kier alpha value is -2.40. The molecule has 0 aromatic carbocycles. The average Bonchev–Trinajstić information content (AvgIpc) is 3.03. The summed E-state index contributed by atoms with van der Waals surface area (Å²) in [5, 5.41) is 80.5. The van der Waals surface area contributed by atoms with Gasteiger partial charge in [-0.05, 0) is 78.1 Å². The van der Waals surface area contributed by atoms with Gasteiger partial charge in [-0.25, -0.2) is 0 Å². The minimum absolute atomic E-state index is 0.0271. The first-order chi connectivity index (χ1) is 25.9. The van der Waals surface area contributed by atoms with Crippen LogP contribution >= 0.6 is 0 Å². The molecule has 0 rings (SSSR count). The van der Waals surface area contributed by atoms with E-state index in [2.05, 4.69) is 0 Å². The van der Waals surface area contributed by atoms with Crippen LogP contribution in [-0.4, -0.2) is 126 Å². The lowest BCUT2D eigenvalue weighted by atomic mass is 10.0. The molecule has 8 N–H and O–H groups in total. The number of hydrogen-bond donors (Lipinski definition) is 8. The molecule has 0 bridgehead atoms. The molecule has 10 atom stereocenters. The summed E-state index contributed by atoms with van der Waals surface area (Å²) in [5.41, 5.74) is 0. The molecule has 55 heavy (non-hydrogen) atoms. The molecule has 0 heterocycles. The molecule has 0 aromatic heterocycles. The quantitative estimate of drug-likeness (QED) is 0.0256. The number of hydrogen-bond acceptors (Lipinski definition) is 14. The van der Waals surface area contributed by atoms with Gasteiger partial charge in [0.2, 0.25) is 0 Å². The predicted octanol–water partition coefficient (Wildman–Crippen LogP) is 3.99. The SMILES string of the molecule is CCCCCC(O)C[C@@H](O)CC(=O)OC(CCCC(C)O)C[C@@H](O)CC(=O)OC(CCCCC)C[C@@H](O)CC(=O)OC(CCCC(C)O)C[C@@H](O)CC(=O)O. The Morgan fingerprint density at radius 1 is 0.418 bits per heavy atom. The molecule has 0 fully saturated rings. The van der Waals surface area contributed by atoms with Crippen LogP contribution in [0.15, 0.2) is 0 Å². The fraction of sp³-hybridized carbons (Fsp3) is 0.900.